The van der Waals surface area contributed by atoms with Crippen LogP contribution in [0.15, 0.2) is 133 Å². The Morgan fingerprint density at radius 2 is 0.625 bits per heavy atom. The highest BCUT2D eigenvalue weighted by atomic mass is 15.3. The summed E-state index contributed by atoms with van der Waals surface area (Å²) in [5, 5.41) is 19.1. The van der Waals surface area contributed by atoms with E-state index >= 15 is 0 Å². The first-order valence-electron chi connectivity index (χ1n) is 21.0. The van der Waals surface area contributed by atoms with Gasteiger partial charge in [-0.15, -0.1) is 20.4 Å². The molecule has 0 unspecified atom stereocenters. The summed E-state index contributed by atoms with van der Waals surface area (Å²) in [6.45, 7) is 4.54. The fraction of sp³-hybridized carbons (Fsp3) is 0.320. The second-order valence-corrected chi connectivity index (χ2v) is 15.0. The van der Waals surface area contributed by atoms with Gasteiger partial charge in [-0.25, -0.2) is 0 Å². The third kappa shape index (κ3) is 9.60. The third-order valence-corrected chi connectivity index (χ3v) is 10.8. The van der Waals surface area contributed by atoms with Gasteiger partial charge in [-0.2, -0.15) is 0 Å². The molecule has 0 aliphatic rings. The van der Waals surface area contributed by atoms with Gasteiger partial charge in [0.15, 0.2) is 23.3 Å². The van der Waals surface area contributed by atoms with Crippen LogP contribution in [0.3, 0.4) is 0 Å². The Labute approximate surface area is 333 Å². The number of hydrogen-bond donors (Lipinski definition) is 0. The van der Waals surface area contributed by atoms with E-state index in [2.05, 4.69) is 144 Å². The maximum absolute atomic E-state index is 4.79. The Kier molecular flexibility index (Phi) is 13.7. The molecule has 0 saturated heterocycles. The minimum Gasteiger partial charge on any atom is -0.275 e. The van der Waals surface area contributed by atoms with Crippen molar-refractivity contribution >= 4 is 0 Å². The summed E-state index contributed by atoms with van der Waals surface area (Å²) in [5.41, 5.74) is 8.85. The lowest BCUT2D eigenvalue weighted by Gasteiger charge is -2.13. The Hall–Kier alpha value is -5.62. The van der Waals surface area contributed by atoms with Crippen LogP contribution in [0.1, 0.15) is 102 Å². The standard InChI is InChI=1S/C50H56N6/c1-3-5-7-9-11-15-21-39-27-35-45(36-28-39)55-47(41-23-17-13-18-24-41)51-53-49(55)43-31-33-44(34-32-43)50-54-52-48(42-25-19-14-20-26-42)56(50)46-37-29-40(30-38-46)22-16-12-10-8-6-4-2/h13-14,17-20,23-38H,3-12,15-16,21-22H2,1-2H3. The largest absolute Gasteiger partial charge is 0.275 e. The lowest BCUT2D eigenvalue weighted by molar-refractivity contribution is 0.607. The summed E-state index contributed by atoms with van der Waals surface area (Å²) in [6, 6.07) is 47.1. The average Bonchev–Trinajstić information content (AvgIpc) is 3.91. The highest BCUT2D eigenvalue weighted by molar-refractivity contribution is 5.71. The molecule has 0 aliphatic carbocycles. The van der Waals surface area contributed by atoms with Crippen LogP contribution in [0.5, 0.6) is 0 Å². The SMILES string of the molecule is CCCCCCCCc1ccc(-n2c(-c3ccccc3)nnc2-c2ccc(-c3nnc(-c4ccccc4)n3-c3ccc(CCCCCCCC)cc3)cc2)cc1. The van der Waals surface area contributed by atoms with Crippen molar-refractivity contribution in [1.29, 1.82) is 0 Å². The highest BCUT2D eigenvalue weighted by Gasteiger charge is 2.20. The van der Waals surface area contributed by atoms with Crippen LogP contribution in [-0.2, 0) is 12.8 Å². The molecule has 0 aliphatic heterocycles. The van der Waals surface area contributed by atoms with Crippen molar-refractivity contribution < 1.29 is 0 Å². The van der Waals surface area contributed by atoms with E-state index in [9.17, 15) is 0 Å². The highest BCUT2D eigenvalue weighted by Crippen LogP contribution is 2.33. The molecule has 286 valence electrons. The molecule has 0 amide bonds. The van der Waals surface area contributed by atoms with E-state index in [0.29, 0.717) is 0 Å². The zero-order chi connectivity index (χ0) is 38.4. The van der Waals surface area contributed by atoms with Crippen LogP contribution in [0, 0.1) is 0 Å². The number of unbranched alkanes of at least 4 members (excludes halogenated alkanes) is 10. The van der Waals surface area contributed by atoms with Crippen molar-refractivity contribution in [3.8, 4) is 56.9 Å². The van der Waals surface area contributed by atoms with Crippen molar-refractivity contribution in [1.82, 2.24) is 29.5 Å². The monoisotopic (exact) mass is 740 g/mol. The summed E-state index contributed by atoms with van der Waals surface area (Å²) in [7, 11) is 0. The molecule has 2 aromatic heterocycles. The number of rotatable bonds is 20. The fourth-order valence-electron chi connectivity index (χ4n) is 7.59. The van der Waals surface area contributed by atoms with E-state index in [4.69, 9.17) is 20.4 Å². The summed E-state index contributed by atoms with van der Waals surface area (Å²) in [4.78, 5) is 0. The Balaban J connectivity index is 1.16. The molecular weight excluding hydrogens is 685 g/mol. The van der Waals surface area contributed by atoms with Gasteiger partial charge in [0.1, 0.15) is 0 Å². The molecule has 0 radical (unpaired) electrons. The summed E-state index contributed by atoms with van der Waals surface area (Å²) >= 11 is 0. The van der Waals surface area contributed by atoms with Crippen LogP contribution >= 0.6 is 0 Å². The van der Waals surface area contributed by atoms with Crippen LogP contribution in [0.4, 0.5) is 0 Å². The van der Waals surface area contributed by atoms with E-state index in [0.717, 1.165) is 69.8 Å². The molecule has 7 aromatic rings. The van der Waals surface area contributed by atoms with Gasteiger partial charge >= 0.3 is 0 Å². The van der Waals surface area contributed by atoms with Gasteiger partial charge in [-0.3, -0.25) is 9.13 Å². The van der Waals surface area contributed by atoms with Gasteiger partial charge in [-0.1, -0.05) is 187 Å². The van der Waals surface area contributed by atoms with E-state index in [1.54, 1.807) is 0 Å². The predicted octanol–water partition coefficient (Wildman–Crippen LogP) is 13.3. The van der Waals surface area contributed by atoms with Gasteiger partial charge in [-0.05, 0) is 61.1 Å². The van der Waals surface area contributed by atoms with Crippen molar-refractivity contribution in [2.75, 3.05) is 0 Å². The Bertz CT molecular complexity index is 2040. The Morgan fingerprint density at radius 1 is 0.321 bits per heavy atom. The molecule has 0 bridgehead atoms. The average molecular weight is 741 g/mol. The first kappa shape index (κ1) is 38.6. The van der Waals surface area contributed by atoms with Crippen molar-refractivity contribution in [3.63, 3.8) is 0 Å². The van der Waals surface area contributed by atoms with Crippen molar-refractivity contribution in [2.24, 2.45) is 0 Å². The van der Waals surface area contributed by atoms with Crippen molar-refractivity contribution in [2.45, 2.75) is 104 Å². The number of aromatic nitrogens is 6. The van der Waals surface area contributed by atoms with Gasteiger partial charge in [0, 0.05) is 33.6 Å². The van der Waals surface area contributed by atoms with Crippen molar-refractivity contribution in [3.05, 3.63) is 145 Å². The Morgan fingerprint density at radius 3 is 0.964 bits per heavy atom. The lowest BCUT2D eigenvalue weighted by Crippen LogP contribution is -2.02. The first-order valence-corrected chi connectivity index (χ1v) is 21.0. The molecule has 6 heteroatoms. The minimum atomic E-state index is 0.798. The molecule has 0 fully saturated rings. The second kappa shape index (κ2) is 19.8. The molecule has 2 heterocycles. The van der Waals surface area contributed by atoms with Gasteiger partial charge in [0.2, 0.25) is 0 Å². The van der Waals surface area contributed by atoms with E-state index in [1.165, 1.54) is 88.2 Å². The second-order valence-electron chi connectivity index (χ2n) is 15.0. The van der Waals surface area contributed by atoms with Gasteiger partial charge in [0.05, 0.1) is 0 Å². The molecule has 0 spiro atoms. The minimum absolute atomic E-state index is 0.798. The van der Waals surface area contributed by atoms with E-state index in [1.807, 2.05) is 12.1 Å². The molecule has 56 heavy (non-hydrogen) atoms. The molecular formula is C50H56N6. The normalized spacial score (nSPS) is 11.3. The number of aryl methyl sites for hydroxylation is 2. The smallest absolute Gasteiger partial charge is 0.168 e. The predicted molar refractivity (Wildman–Crippen MR) is 232 cm³/mol. The molecule has 7 rings (SSSR count). The number of nitrogens with zero attached hydrogens (tertiary/aromatic N) is 6. The van der Waals surface area contributed by atoms with Crippen LogP contribution in [0.2, 0.25) is 0 Å². The molecule has 0 atom stereocenters. The number of benzene rings is 5. The third-order valence-electron chi connectivity index (χ3n) is 10.8. The quantitative estimate of drug-likeness (QED) is 0.0730. The first-order chi connectivity index (χ1) is 27.7. The summed E-state index contributed by atoms with van der Waals surface area (Å²) < 4.78 is 4.36. The zero-order valence-electron chi connectivity index (χ0n) is 33.3. The molecule has 6 nitrogen and oxygen atoms in total. The maximum atomic E-state index is 4.79. The summed E-state index contributed by atoms with van der Waals surface area (Å²) in [6.07, 6.45) is 17.9. The van der Waals surface area contributed by atoms with Gasteiger partial charge in [0.25, 0.3) is 0 Å². The molecule has 0 N–H and O–H groups in total. The number of hydrogen-bond acceptors (Lipinski definition) is 4. The zero-order valence-corrected chi connectivity index (χ0v) is 33.3. The van der Waals surface area contributed by atoms with Crippen LogP contribution < -0.4 is 0 Å². The van der Waals surface area contributed by atoms with E-state index < -0.39 is 0 Å². The summed E-state index contributed by atoms with van der Waals surface area (Å²) in [5.74, 6) is 3.24. The topological polar surface area (TPSA) is 61.4 Å². The van der Waals surface area contributed by atoms with Crippen LogP contribution in [-0.4, -0.2) is 29.5 Å². The van der Waals surface area contributed by atoms with Crippen LogP contribution in [0.25, 0.3) is 56.9 Å². The lowest BCUT2D eigenvalue weighted by atomic mass is 10.0. The van der Waals surface area contributed by atoms with Gasteiger partial charge < -0.3 is 0 Å². The van der Waals surface area contributed by atoms with E-state index in [-0.39, 0.29) is 0 Å². The molecule has 5 aromatic carbocycles. The maximum Gasteiger partial charge on any atom is 0.168 e. The fourth-order valence-corrected chi connectivity index (χ4v) is 7.59. The molecule has 0 saturated carbocycles.